The maximum atomic E-state index is 12.3. The van der Waals surface area contributed by atoms with Crippen LogP contribution in [0.3, 0.4) is 0 Å². The minimum Gasteiger partial charge on any atom is -0.478 e. The Labute approximate surface area is 158 Å². The number of rotatable bonds is 8. The molecule has 8 heteroatoms. The summed E-state index contributed by atoms with van der Waals surface area (Å²) in [5, 5.41) is 8.90. The Balaban J connectivity index is 1.90. The zero-order chi connectivity index (χ0) is 20.0. The zero-order valence-electron chi connectivity index (χ0n) is 15.2. The third kappa shape index (κ3) is 5.63. The van der Waals surface area contributed by atoms with Crippen molar-refractivity contribution in [3.05, 3.63) is 65.2 Å². The number of sulfonamides is 1. The summed E-state index contributed by atoms with van der Waals surface area (Å²) in [6.45, 7) is 0.387. The number of aromatic carboxylic acids is 1. The minimum atomic E-state index is -3.46. The summed E-state index contributed by atoms with van der Waals surface area (Å²) in [4.78, 5) is 24.9. The van der Waals surface area contributed by atoms with E-state index in [-0.39, 0.29) is 16.4 Å². The number of carbonyl (C=O) groups is 2. The smallest absolute Gasteiger partial charge is 0.335 e. The fraction of sp³-hybridized carbons (Fsp3) is 0.263. The number of carboxylic acid groups (broad SMARTS) is 1. The van der Waals surface area contributed by atoms with Gasteiger partial charge in [0.05, 0.1) is 10.5 Å². The molecule has 0 spiro atoms. The van der Waals surface area contributed by atoms with Crippen LogP contribution in [0.25, 0.3) is 0 Å². The monoisotopic (exact) mass is 390 g/mol. The van der Waals surface area contributed by atoms with Crippen molar-refractivity contribution in [2.75, 3.05) is 14.1 Å². The van der Waals surface area contributed by atoms with E-state index in [1.807, 2.05) is 0 Å². The average molecular weight is 390 g/mol. The summed E-state index contributed by atoms with van der Waals surface area (Å²) in [7, 11) is -0.420. The standard InChI is InChI=1S/C19H22N2O5S/c1-20-27(25,26)17-10-5-14(6-11-17)7-12-18(22)21(2)13-15-3-8-16(9-4-15)19(23)24/h3-6,8-11,20H,7,12-13H2,1-2H3,(H,23,24). The van der Waals surface area contributed by atoms with Crippen molar-refractivity contribution in [1.29, 1.82) is 0 Å². The number of nitrogens with one attached hydrogen (secondary N) is 1. The van der Waals surface area contributed by atoms with Gasteiger partial charge in [0.2, 0.25) is 15.9 Å². The molecule has 0 radical (unpaired) electrons. The van der Waals surface area contributed by atoms with Crippen molar-refractivity contribution >= 4 is 21.9 Å². The van der Waals surface area contributed by atoms with Crippen molar-refractivity contribution in [1.82, 2.24) is 9.62 Å². The van der Waals surface area contributed by atoms with Crippen LogP contribution in [-0.2, 0) is 27.8 Å². The maximum Gasteiger partial charge on any atom is 0.335 e. The molecule has 0 atom stereocenters. The van der Waals surface area contributed by atoms with E-state index in [2.05, 4.69) is 4.72 Å². The highest BCUT2D eigenvalue weighted by Crippen LogP contribution is 2.13. The number of nitrogens with zero attached hydrogens (tertiary/aromatic N) is 1. The first-order valence-electron chi connectivity index (χ1n) is 8.31. The molecule has 0 fully saturated rings. The van der Waals surface area contributed by atoms with E-state index in [4.69, 9.17) is 5.11 Å². The molecule has 1 amide bonds. The first kappa shape index (κ1) is 20.6. The Hall–Kier alpha value is -2.71. The lowest BCUT2D eigenvalue weighted by Crippen LogP contribution is -2.26. The van der Waals surface area contributed by atoms with E-state index < -0.39 is 16.0 Å². The van der Waals surface area contributed by atoms with E-state index in [0.717, 1.165) is 11.1 Å². The summed E-state index contributed by atoms with van der Waals surface area (Å²) in [5.41, 5.74) is 1.92. The number of aryl methyl sites for hydroxylation is 1. The third-order valence-corrected chi connectivity index (χ3v) is 5.61. The van der Waals surface area contributed by atoms with Gasteiger partial charge in [-0.3, -0.25) is 4.79 Å². The molecular weight excluding hydrogens is 368 g/mol. The van der Waals surface area contributed by atoms with Crippen LogP contribution in [0, 0.1) is 0 Å². The molecule has 2 aromatic carbocycles. The van der Waals surface area contributed by atoms with Crippen LogP contribution < -0.4 is 4.72 Å². The van der Waals surface area contributed by atoms with Crippen molar-refractivity contribution in [3.63, 3.8) is 0 Å². The molecule has 0 saturated carbocycles. The lowest BCUT2D eigenvalue weighted by atomic mass is 10.1. The molecule has 27 heavy (non-hydrogen) atoms. The minimum absolute atomic E-state index is 0.0516. The molecule has 0 aliphatic rings. The topological polar surface area (TPSA) is 104 Å². The number of benzene rings is 2. The van der Waals surface area contributed by atoms with Crippen LogP contribution in [0.2, 0.25) is 0 Å². The van der Waals surface area contributed by atoms with Gasteiger partial charge in [0.1, 0.15) is 0 Å². The van der Waals surface area contributed by atoms with Gasteiger partial charge in [0, 0.05) is 20.0 Å². The molecule has 0 heterocycles. The quantitative estimate of drug-likeness (QED) is 0.716. The summed E-state index contributed by atoms with van der Waals surface area (Å²) in [5.74, 6) is -1.04. The van der Waals surface area contributed by atoms with E-state index in [1.165, 1.54) is 31.3 Å². The van der Waals surface area contributed by atoms with Gasteiger partial charge in [-0.1, -0.05) is 24.3 Å². The predicted molar refractivity (Wildman–Crippen MR) is 101 cm³/mol. The fourth-order valence-corrected chi connectivity index (χ4v) is 3.24. The number of carboxylic acids is 1. The Morgan fingerprint density at radius 3 is 2.07 bits per heavy atom. The van der Waals surface area contributed by atoms with Crippen LogP contribution in [0.1, 0.15) is 27.9 Å². The van der Waals surface area contributed by atoms with Crippen molar-refractivity contribution in [3.8, 4) is 0 Å². The number of hydrogen-bond donors (Lipinski definition) is 2. The Morgan fingerprint density at radius 1 is 1.00 bits per heavy atom. The molecule has 2 aromatic rings. The van der Waals surface area contributed by atoms with Gasteiger partial charge in [-0.25, -0.2) is 17.9 Å². The number of amides is 1. The van der Waals surface area contributed by atoms with Crippen LogP contribution in [0.5, 0.6) is 0 Å². The summed E-state index contributed by atoms with van der Waals surface area (Å²) in [6, 6.07) is 12.8. The lowest BCUT2D eigenvalue weighted by Gasteiger charge is -2.17. The van der Waals surface area contributed by atoms with Crippen molar-refractivity contribution in [2.24, 2.45) is 0 Å². The van der Waals surface area contributed by atoms with Crippen molar-refractivity contribution in [2.45, 2.75) is 24.3 Å². The molecular formula is C19H22N2O5S. The van der Waals surface area contributed by atoms with E-state index >= 15 is 0 Å². The fourth-order valence-electron chi connectivity index (χ4n) is 2.51. The summed E-state index contributed by atoms with van der Waals surface area (Å²) < 4.78 is 25.6. The van der Waals surface area contributed by atoms with Crippen LogP contribution in [0.15, 0.2) is 53.4 Å². The van der Waals surface area contributed by atoms with Gasteiger partial charge < -0.3 is 10.0 Å². The molecule has 0 aliphatic heterocycles. The molecule has 0 saturated heterocycles. The van der Waals surface area contributed by atoms with Gasteiger partial charge in [-0.2, -0.15) is 0 Å². The molecule has 144 valence electrons. The van der Waals surface area contributed by atoms with Gasteiger partial charge in [0.15, 0.2) is 0 Å². The molecule has 2 N–H and O–H groups in total. The molecule has 7 nitrogen and oxygen atoms in total. The molecule has 0 aromatic heterocycles. The van der Waals surface area contributed by atoms with Gasteiger partial charge in [0.25, 0.3) is 0 Å². The number of hydrogen-bond acceptors (Lipinski definition) is 4. The van der Waals surface area contributed by atoms with E-state index in [0.29, 0.717) is 19.4 Å². The van der Waals surface area contributed by atoms with E-state index in [1.54, 1.807) is 36.2 Å². The largest absolute Gasteiger partial charge is 0.478 e. The Kier molecular flexibility index (Phi) is 6.70. The van der Waals surface area contributed by atoms with Gasteiger partial charge >= 0.3 is 5.97 Å². The highest BCUT2D eigenvalue weighted by Gasteiger charge is 2.12. The lowest BCUT2D eigenvalue weighted by molar-refractivity contribution is -0.130. The maximum absolute atomic E-state index is 12.3. The van der Waals surface area contributed by atoms with Crippen LogP contribution in [0.4, 0.5) is 0 Å². The number of carbonyl (C=O) groups excluding carboxylic acids is 1. The zero-order valence-corrected chi connectivity index (χ0v) is 16.0. The Bertz CT molecular complexity index is 906. The molecule has 0 unspecified atom stereocenters. The first-order chi connectivity index (χ1) is 12.7. The molecule has 0 aliphatic carbocycles. The highest BCUT2D eigenvalue weighted by molar-refractivity contribution is 7.89. The highest BCUT2D eigenvalue weighted by atomic mass is 32.2. The Morgan fingerprint density at radius 2 is 1.56 bits per heavy atom. The van der Waals surface area contributed by atoms with Crippen LogP contribution in [-0.4, -0.2) is 44.4 Å². The predicted octanol–water partition coefficient (Wildman–Crippen LogP) is 1.88. The average Bonchev–Trinajstić information content (AvgIpc) is 2.66. The molecule has 0 bridgehead atoms. The second kappa shape index (κ2) is 8.79. The third-order valence-electron chi connectivity index (χ3n) is 4.18. The van der Waals surface area contributed by atoms with Gasteiger partial charge in [-0.15, -0.1) is 0 Å². The van der Waals surface area contributed by atoms with Crippen molar-refractivity contribution < 1.29 is 23.1 Å². The summed E-state index contributed by atoms with van der Waals surface area (Å²) in [6.07, 6.45) is 0.794. The van der Waals surface area contributed by atoms with Gasteiger partial charge in [-0.05, 0) is 48.9 Å². The molecule has 2 rings (SSSR count). The van der Waals surface area contributed by atoms with Crippen LogP contribution >= 0.6 is 0 Å². The second-order valence-electron chi connectivity index (χ2n) is 6.10. The SMILES string of the molecule is CNS(=O)(=O)c1ccc(CCC(=O)N(C)Cc2ccc(C(=O)O)cc2)cc1. The second-order valence-corrected chi connectivity index (χ2v) is 7.99. The van der Waals surface area contributed by atoms with E-state index in [9.17, 15) is 18.0 Å². The summed E-state index contributed by atoms with van der Waals surface area (Å²) >= 11 is 0. The normalized spacial score (nSPS) is 11.2. The first-order valence-corrected chi connectivity index (χ1v) is 9.80.